The maximum Gasteiger partial charge on any atom is 0.257 e. The monoisotopic (exact) mass is 440 g/mol. The SMILES string of the molecule is CCNC(=O)COc1cccc(CNC(=NC)NCc2ccc(C)cc2OC(C)(C)C)c1. The van der Waals surface area contributed by atoms with Gasteiger partial charge in [0, 0.05) is 32.2 Å². The van der Waals surface area contributed by atoms with Gasteiger partial charge in [0.2, 0.25) is 0 Å². The summed E-state index contributed by atoms with van der Waals surface area (Å²) in [5.74, 6) is 2.08. The van der Waals surface area contributed by atoms with Crippen molar-refractivity contribution in [3.63, 3.8) is 0 Å². The molecule has 2 aromatic carbocycles. The topological polar surface area (TPSA) is 84.0 Å². The highest BCUT2D eigenvalue weighted by Gasteiger charge is 2.15. The molecule has 0 saturated heterocycles. The molecule has 0 aliphatic carbocycles. The van der Waals surface area contributed by atoms with E-state index in [0.29, 0.717) is 31.3 Å². The molecule has 0 saturated carbocycles. The largest absolute Gasteiger partial charge is 0.488 e. The van der Waals surface area contributed by atoms with E-state index < -0.39 is 0 Å². The van der Waals surface area contributed by atoms with Crippen LogP contribution in [-0.2, 0) is 17.9 Å². The molecule has 0 spiro atoms. The molecule has 0 heterocycles. The highest BCUT2D eigenvalue weighted by atomic mass is 16.5. The fourth-order valence-corrected chi connectivity index (χ4v) is 2.96. The van der Waals surface area contributed by atoms with Crippen LogP contribution < -0.4 is 25.4 Å². The summed E-state index contributed by atoms with van der Waals surface area (Å²) >= 11 is 0. The Bertz CT molecular complexity index is 920. The number of rotatable bonds is 9. The lowest BCUT2D eigenvalue weighted by atomic mass is 10.1. The van der Waals surface area contributed by atoms with Crippen LogP contribution in [0.15, 0.2) is 47.5 Å². The Morgan fingerprint density at radius 1 is 1.03 bits per heavy atom. The molecule has 0 aliphatic heterocycles. The predicted molar refractivity (Wildman–Crippen MR) is 129 cm³/mol. The van der Waals surface area contributed by atoms with Gasteiger partial charge in [-0.15, -0.1) is 0 Å². The van der Waals surface area contributed by atoms with E-state index in [0.717, 1.165) is 22.4 Å². The normalized spacial score (nSPS) is 11.6. The van der Waals surface area contributed by atoms with Crippen molar-refractivity contribution in [2.24, 2.45) is 4.99 Å². The summed E-state index contributed by atoms with van der Waals surface area (Å²) in [7, 11) is 1.74. The number of carbonyl (C=O) groups is 1. The van der Waals surface area contributed by atoms with Crippen LogP contribution in [-0.4, -0.2) is 37.7 Å². The lowest BCUT2D eigenvalue weighted by Crippen LogP contribution is -2.36. The summed E-state index contributed by atoms with van der Waals surface area (Å²) < 4.78 is 11.7. The number of hydrogen-bond acceptors (Lipinski definition) is 4. The molecule has 7 heteroatoms. The quantitative estimate of drug-likeness (QED) is 0.410. The second-order valence-electron chi connectivity index (χ2n) is 8.49. The van der Waals surface area contributed by atoms with Crippen LogP contribution in [0.25, 0.3) is 0 Å². The molecule has 174 valence electrons. The first-order chi connectivity index (χ1) is 15.2. The number of aryl methyl sites for hydroxylation is 1. The maximum atomic E-state index is 11.6. The number of amides is 1. The molecule has 0 bridgehead atoms. The number of nitrogens with one attached hydrogen (secondary N) is 3. The van der Waals surface area contributed by atoms with Gasteiger partial charge < -0.3 is 25.4 Å². The van der Waals surface area contributed by atoms with Crippen LogP contribution in [0.2, 0.25) is 0 Å². The van der Waals surface area contributed by atoms with Gasteiger partial charge in [0.15, 0.2) is 12.6 Å². The van der Waals surface area contributed by atoms with Gasteiger partial charge in [-0.25, -0.2) is 0 Å². The van der Waals surface area contributed by atoms with Gasteiger partial charge in [0.25, 0.3) is 5.91 Å². The maximum absolute atomic E-state index is 11.6. The Morgan fingerprint density at radius 3 is 2.47 bits per heavy atom. The molecule has 3 N–H and O–H groups in total. The number of nitrogens with zero attached hydrogens (tertiary/aromatic N) is 1. The number of ether oxygens (including phenoxy) is 2. The van der Waals surface area contributed by atoms with Crippen molar-refractivity contribution in [3.8, 4) is 11.5 Å². The van der Waals surface area contributed by atoms with E-state index in [-0.39, 0.29) is 18.1 Å². The van der Waals surface area contributed by atoms with Gasteiger partial charge in [0.05, 0.1) is 0 Å². The van der Waals surface area contributed by atoms with Gasteiger partial charge in [-0.2, -0.15) is 0 Å². The minimum atomic E-state index is -0.271. The van der Waals surface area contributed by atoms with Gasteiger partial charge in [-0.3, -0.25) is 9.79 Å². The van der Waals surface area contributed by atoms with E-state index in [9.17, 15) is 4.79 Å². The van der Waals surface area contributed by atoms with E-state index >= 15 is 0 Å². The minimum absolute atomic E-state index is 0.00344. The van der Waals surface area contributed by atoms with Crippen LogP contribution >= 0.6 is 0 Å². The van der Waals surface area contributed by atoms with Gasteiger partial charge in [-0.05, 0) is 63.9 Å². The second-order valence-corrected chi connectivity index (χ2v) is 8.49. The standard InChI is InChI=1S/C25H36N4O3/c1-7-27-23(30)17-31-21-10-8-9-19(14-21)15-28-24(26-6)29-16-20-12-11-18(2)13-22(20)32-25(3,4)5/h8-14H,7,15-17H2,1-6H3,(H,27,30)(H2,26,28,29). The van der Waals surface area contributed by atoms with Crippen molar-refractivity contribution in [3.05, 3.63) is 59.2 Å². The molecule has 0 aromatic heterocycles. The van der Waals surface area contributed by atoms with Crippen LogP contribution in [0.1, 0.15) is 44.4 Å². The third-order valence-corrected chi connectivity index (χ3v) is 4.41. The molecule has 7 nitrogen and oxygen atoms in total. The lowest BCUT2D eigenvalue weighted by Gasteiger charge is -2.24. The Labute approximate surface area is 191 Å². The summed E-state index contributed by atoms with van der Waals surface area (Å²) in [6.07, 6.45) is 0. The van der Waals surface area contributed by atoms with E-state index in [4.69, 9.17) is 9.47 Å². The van der Waals surface area contributed by atoms with E-state index in [1.165, 1.54) is 0 Å². The van der Waals surface area contributed by atoms with Crippen molar-refractivity contribution in [1.82, 2.24) is 16.0 Å². The zero-order chi connectivity index (χ0) is 23.6. The molecule has 0 fully saturated rings. The molecule has 32 heavy (non-hydrogen) atoms. The number of guanidine groups is 1. The second kappa shape index (κ2) is 12.0. The van der Waals surface area contributed by atoms with Crippen molar-refractivity contribution >= 4 is 11.9 Å². The van der Waals surface area contributed by atoms with Crippen molar-refractivity contribution in [2.75, 3.05) is 20.2 Å². The third kappa shape index (κ3) is 8.88. The molecule has 2 aromatic rings. The predicted octanol–water partition coefficient (Wildman–Crippen LogP) is 3.55. The summed E-state index contributed by atoms with van der Waals surface area (Å²) in [4.78, 5) is 15.9. The van der Waals surface area contributed by atoms with E-state index in [1.54, 1.807) is 7.05 Å². The first kappa shape index (κ1) is 25.0. The average molecular weight is 441 g/mol. The van der Waals surface area contributed by atoms with Crippen LogP contribution in [0.3, 0.4) is 0 Å². The molecular formula is C25H36N4O3. The Balaban J connectivity index is 1.93. The molecule has 1 amide bonds. The lowest BCUT2D eigenvalue weighted by molar-refractivity contribution is -0.122. The third-order valence-electron chi connectivity index (χ3n) is 4.41. The van der Waals surface area contributed by atoms with Crippen LogP contribution in [0.4, 0.5) is 0 Å². The first-order valence-corrected chi connectivity index (χ1v) is 10.9. The summed E-state index contributed by atoms with van der Waals surface area (Å²) in [6, 6.07) is 13.9. The summed E-state index contributed by atoms with van der Waals surface area (Å²) in [6.45, 7) is 11.8. The number of hydrogen-bond donors (Lipinski definition) is 3. The molecule has 0 atom stereocenters. The summed E-state index contributed by atoms with van der Waals surface area (Å²) in [5.41, 5.74) is 2.97. The first-order valence-electron chi connectivity index (χ1n) is 10.9. The molecular weight excluding hydrogens is 404 g/mol. The number of benzene rings is 2. The van der Waals surface area contributed by atoms with Gasteiger partial charge in [-0.1, -0.05) is 24.3 Å². The van der Waals surface area contributed by atoms with E-state index in [2.05, 4.69) is 46.1 Å². The highest BCUT2D eigenvalue weighted by molar-refractivity contribution is 5.79. The highest BCUT2D eigenvalue weighted by Crippen LogP contribution is 2.24. The molecule has 2 rings (SSSR count). The van der Waals surface area contributed by atoms with Crippen molar-refractivity contribution in [2.45, 2.75) is 53.3 Å². The smallest absolute Gasteiger partial charge is 0.257 e. The fourth-order valence-electron chi connectivity index (χ4n) is 2.96. The zero-order valence-electron chi connectivity index (χ0n) is 20.0. The van der Waals surface area contributed by atoms with Gasteiger partial charge in [0.1, 0.15) is 17.1 Å². The fraction of sp³-hybridized carbons (Fsp3) is 0.440. The Morgan fingerprint density at radius 2 is 1.78 bits per heavy atom. The van der Waals surface area contributed by atoms with Crippen molar-refractivity contribution < 1.29 is 14.3 Å². The number of aliphatic imine (C=N–C) groups is 1. The minimum Gasteiger partial charge on any atom is -0.488 e. The van der Waals surface area contributed by atoms with E-state index in [1.807, 2.05) is 52.0 Å². The molecule has 0 unspecified atom stereocenters. The number of carbonyl (C=O) groups excluding carboxylic acids is 1. The average Bonchev–Trinajstić information content (AvgIpc) is 2.73. The molecule has 0 aliphatic rings. The zero-order valence-corrected chi connectivity index (χ0v) is 20.0. The van der Waals surface area contributed by atoms with Crippen LogP contribution in [0.5, 0.6) is 11.5 Å². The molecule has 0 radical (unpaired) electrons. The van der Waals surface area contributed by atoms with Crippen molar-refractivity contribution in [1.29, 1.82) is 0 Å². The van der Waals surface area contributed by atoms with Crippen LogP contribution in [0, 0.1) is 6.92 Å². The number of likely N-dealkylation sites (N-methyl/N-ethyl adjacent to an activating group) is 1. The van der Waals surface area contributed by atoms with Gasteiger partial charge >= 0.3 is 0 Å². The Kier molecular flexibility index (Phi) is 9.38. The Hall–Kier alpha value is -3.22. The summed E-state index contributed by atoms with van der Waals surface area (Å²) in [5, 5.41) is 9.37.